The molecule has 2 N–H and O–H groups in total. The van der Waals surface area contributed by atoms with Gasteiger partial charge in [0.1, 0.15) is 0 Å². The second-order valence-electron chi connectivity index (χ2n) is 4.21. The first kappa shape index (κ1) is 12.4. The number of aliphatic hydroxyl groups is 1. The molecule has 4 heteroatoms. The van der Waals surface area contributed by atoms with Gasteiger partial charge in [-0.3, -0.25) is 4.79 Å². The van der Waals surface area contributed by atoms with E-state index in [1.807, 2.05) is 19.9 Å². The molecule has 0 aliphatic heterocycles. The zero-order valence-electron chi connectivity index (χ0n) is 9.47. The van der Waals surface area contributed by atoms with Gasteiger partial charge in [0.15, 0.2) is 0 Å². The van der Waals surface area contributed by atoms with E-state index in [0.29, 0.717) is 5.56 Å². The van der Waals surface area contributed by atoms with Gasteiger partial charge < -0.3 is 5.11 Å². The highest BCUT2D eigenvalue weighted by Crippen LogP contribution is 2.08. The van der Waals surface area contributed by atoms with Gasteiger partial charge in [0.2, 0.25) is 0 Å². The van der Waals surface area contributed by atoms with Crippen molar-refractivity contribution in [3.05, 3.63) is 35.9 Å². The summed E-state index contributed by atoms with van der Waals surface area (Å²) in [5.41, 5.74) is 2.54. The van der Waals surface area contributed by atoms with Crippen LogP contribution in [0.5, 0.6) is 0 Å². The standard InChI is InChI=1S/C12H16N2O2/c1-12(2,9-15)8-13-14-11(16)10-6-4-3-5-7-10/h3-8,15H,9H2,1-2H3,(H,14,16)/b13-8-. The van der Waals surface area contributed by atoms with E-state index < -0.39 is 5.41 Å². The number of aliphatic hydroxyl groups excluding tert-OH is 1. The normalized spacial score (nSPS) is 11.7. The third-order valence-corrected chi connectivity index (χ3v) is 2.02. The molecule has 0 spiro atoms. The van der Waals surface area contributed by atoms with Gasteiger partial charge in [-0.05, 0) is 12.1 Å². The average Bonchev–Trinajstić information content (AvgIpc) is 2.30. The molecule has 1 amide bonds. The Balaban J connectivity index is 2.54. The number of carbonyl (C=O) groups is 1. The monoisotopic (exact) mass is 220 g/mol. The van der Waals surface area contributed by atoms with Crippen LogP contribution in [0.15, 0.2) is 35.4 Å². The molecule has 0 aromatic heterocycles. The van der Waals surface area contributed by atoms with Crippen LogP contribution >= 0.6 is 0 Å². The molecule has 0 fully saturated rings. The largest absolute Gasteiger partial charge is 0.395 e. The van der Waals surface area contributed by atoms with E-state index >= 15 is 0 Å². The highest BCUT2D eigenvalue weighted by molar-refractivity contribution is 5.94. The molecule has 0 aliphatic carbocycles. The maximum Gasteiger partial charge on any atom is 0.271 e. The highest BCUT2D eigenvalue weighted by atomic mass is 16.3. The van der Waals surface area contributed by atoms with Gasteiger partial charge in [0.05, 0.1) is 6.61 Å². The van der Waals surface area contributed by atoms with Crippen molar-refractivity contribution < 1.29 is 9.90 Å². The summed E-state index contributed by atoms with van der Waals surface area (Å²) in [5.74, 6) is -0.259. The van der Waals surface area contributed by atoms with Crippen molar-refractivity contribution in [3.63, 3.8) is 0 Å². The van der Waals surface area contributed by atoms with Gasteiger partial charge in [-0.1, -0.05) is 32.0 Å². The van der Waals surface area contributed by atoms with Crippen molar-refractivity contribution >= 4 is 12.1 Å². The molecule has 0 bridgehead atoms. The van der Waals surface area contributed by atoms with Crippen molar-refractivity contribution in [2.45, 2.75) is 13.8 Å². The smallest absolute Gasteiger partial charge is 0.271 e. The fourth-order valence-corrected chi connectivity index (χ4v) is 0.961. The lowest BCUT2D eigenvalue weighted by molar-refractivity contribution is 0.0954. The van der Waals surface area contributed by atoms with Crippen LogP contribution in [0.25, 0.3) is 0 Å². The number of carbonyl (C=O) groups excluding carboxylic acids is 1. The second-order valence-corrected chi connectivity index (χ2v) is 4.21. The molecular formula is C12H16N2O2. The van der Waals surface area contributed by atoms with Gasteiger partial charge in [0.25, 0.3) is 5.91 Å². The second kappa shape index (κ2) is 5.42. The van der Waals surface area contributed by atoms with Crippen LogP contribution < -0.4 is 5.43 Å². The number of hydrazone groups is 1. The SMILES string of the molecule is CC(C)(/C=N\NC(=O)c1ccccc1)CO. The number of rotatable bonds is 4. The molecule has 0 aliphatic rings. The lowest BCUT2D eigenvalue weighted by atomic mass is 9.97. The van der Waals surface area contributed by atoms with Crippen molar-refractivity contribution in [3.8, 4) is 0 Å². The zero-order chi connectivity index (χ0) is 12.0. The van der Waals surface area contributed by atoms with Crippen LogP contribution in [-0.2, 0) is 0 Å². The maximum absolute atomic E-state index is 11.5. The number of benzene rings is 1. The minimum absolute atomic E-state index is 0.0162. The van der Waals surface area contributed by atoms with E-state index in [1.165, 1.54) is 6.21 Å². The molecule has 0 saturated carbocycles. The summed E-state index contributed by atoms with van der Waals surface area (Å²) in [6.07, 6.45) is 1.52. The highest BCUT2D eigenvalue weighted by Gasteiger charge is 2.12. The first-order valence-electron chi connectivity index (χ1n) is 5.06. The summed E-state index contributed by atoms with van der Waals surface area (Å²) in [6, 6.07) is 8.84. The van der Waals surface area contributed by atoms with Crippen LogP contribution in [-0.4, -0.2) is 23.8 Å². The predicted octanol–water partition coefficient (Wildman–Crippen LogP) is 1.42. The topological polar surface area (TPSA) is 61.7 Å². The van der Waals surface area contributed by atoms with Gasteiger partial charge in [0, 0.05) is 17.2 Å². The Morgan fingerprint density at radius 1 is 1.44 bits per heavy atom. The molecule has 16 heavy (non-hydrogen) atoms. The van der Waals surface area contributed by atoms with Crippen molar-refractivity contribution in [2.24, 2.45) is 10.5 Å². The minimum Gasteiger partial charge on any atom is -0.395 e. The summed E-state index contributed by atoms with van der Waals surface area (Å²) in [5, 5.41) is 12.8. The number of amides is 1. The third-order valence-electron chi connectivity index (χ3n) is 2.02. The molecule has 0 saturated heterocycles. The fraction of sp³-hybridized carbons (Fsp3) is 0.333. The van der Waals surface area contributed by atoms with Crippen LogP contribution in [0.1, 0.15) is 24.2 Å². The molecular weight excluding hydrogens is 204 g/mol. The average molecular weight is 220 g/mol. The van der Waals surface area contributed by atoms with Gasteiger partial charge in [-0.25, -0.2) is 5.43 Å². The molecule has 1 aromatic carbocycles. The molecule has 86 valence electrons. The van der Waals surface area contributed by atoms with E-state index in [1.54, 1.807) is 24.3 Å². The van der Waals surface area contributed by atoms with E-state index in [2.05, 4.69) is 10.5 Å². The maximum atomic E-state index is 11.5. The summed E-state index contributed by atoms with van der Waals surface area (Å²) in [4.78, 5) is 11.5. The summed E-state index contributed by atoms with van der Waals surface area (Å²) in [6.45, 7) is 3.63. The third kappa shape index (κ3) is 3.82. The summed E-state index contributed by atoms with van der Waals surface area (Å²) >= 11 is 0. The Hall–Kier alpha value is -1.68. The molecule has 1 rings (SSSR count). The van der Waals surface area contributed by atoms with E-state index in [0.717, 1.165) is 0 Å². The Kier molecular flexibility index (Phi) is 4.19. The van der Waals surface area contributed by atoms with Crippen LogP contribution in [0.2, 0.25) is 0 Å². The molecule has 0 heterocycles. The Bertz CT molecular complexity index is 372. The van der Waals surface area contributed by atoms with Crippen molar-refractivity contribution in [1.82, 2.24) is 5.43 Å². The number of nitrogens with one attached hydrogen (secondary N) is 1. The van der Waals surface area contributed by atoms with Crippen LogP contribution in [0.4, 0.5) is 0 Å². The Labute approximate surface area is 95.0 Å². The van der Waals surface area contributed by atoms with Crippen molar-refractivity contribution in [2.75, 3.05) is 6.61 Å². The van der Waals surface area contributed by atoms with E-state index in [9.17, 15) is 4.79 Å². The van der Waals surface area contributed by atoms with Gasteiger partial charge in [-0.2, -0.15) is 5.10 Å². The molecule has 0 unspecified atom stereocenters. The molecule has 4 nitrogen and oxygen atoms in total. The first-order chi connectivity index (χ1) is 7.55. The lowest BCUT2D eigenvalue weighted by Gasteiger charge is -2.14. The molecule has 0 radical (unpaired) electrons. The summed E-state index contributed by atoms with van der Waals surface area (Å²) < 4.78 is 0. The number of hydrogen-bond donors (Lipinski definition) is 2. The molecule has 1 aromatic rings. The Morgan fingerprint density at radius 3 is 2.62 bits per heavy atom. The van der Waals surface area contributed by atoms with Gasteiger partial charge in [-0.15, -0.1) is 0 Å². The Morgan fingerprint density at radius 2 is 2.06 bits per heavy atom. The lowest BCUT2D eigenvalue weighted by Crippen LogP contribution is -2.23. The van der Waals surface area contributed by atoms with Crippen LogP contribution in [0, 0.1) is 5.41 Å². The van der Waals surface area contributed by atoms with E-state index in [4.69, 9.17) is 5.11 Å². The van der Waals surface area contributed by atoms with Crippen LogP contribution in [0.3, 0.4) is 0 Å². The van der Waals surface area contributed by atoms with E-state index in [-0.39, 0.29) is 12.5 Å². The number of nitrogens with zero attached hydrogens (tertiary/aromatic N) is 1. The summed E-state index contributed by atoms with van der Waals surface area (Å²) in [7, 11) is 0. The predicted molar refractivity (Wildman–Crippen MR) is 63.3 cm³/mol. The fourth-order valence-electron chi connectivity index (χ4n) is 0.961. The zero-order valence-corrected chi connectivity index (χ0v) is 9.47. The minimum atomic E-state index is -0.427. The first-order valence-corrected chi connectivity index (χ1v) is 5.06. The molecule has 0 atom stereocenters. The van der Waals surface area contributed by atoms with Crippen molar-refractivity contribution in [1.29, 1.82) is 0 Å². The van der Waals surface area contributed by atoms with Gasteiger partial charge >= 0.3 is 0 Å². The number of hydrogen-bond acceptors (Lipinski definition) is 3. The quantitative estimate of drug-likeness (QED) is 0.595.